The largest absolute Gasteiger partial charge is 0.371 e. The molecule has 1 aromatic rings. The maximum Gasteiger partial charge on any atom is 0.149 e. The summed E-state index contributed by atoms with van der Waals surface area (Å²) in [6.45, 7) is 0. The predicted octanol–water partition coefficient (Wildman–Crippen LogP) is 3.61. The van der Waals surface area contributed by atoms with Gasteiger partial charge in [-0.3, -0.25) is 4.90 Å². The Hall–Kier alpha value is -0.860. The van der Waals surface area contributed by atoms with Gasteiger partial charge in [0.1, 0.15) is 5.72 Å². The Bertz CT molecular complexity index is 488. The second-order valence-electron chi connectivity index (χ2n) is 8.13. The molecule has 0 aromatic heterocycles. The van der Waals surface area contributed by atoms with Gasteiger partial charge in [-0.2, -0.15) is 0 Å². The van der Waals surface area contributed by atoms with Crippen molar-refractivity contribution in [2.45, 2.75) is 44.2 Å². The Balaban J connectivity index is 1.81. The first-order valence-electron chi connectivity index (χ1n) is 8.49. The van der Waals surface area contributed by atoms with Gasteiger partial charge in [0.2, 0.25) is 0 Å². The van der Waals surface area contributed by atoms with Gasteiger partial charge in [-0.1, -0.05) is 30.3 Å². The summed E-state index contributed by atoms with van der Waals surface area (Å²) in [5.41, 5.74) is 0.327. The fourth-order valence-electron chi connectivity index (χ4n) is 6.25. The van der Waals surface area contributed by atoms with Gasteiger partial charge in [-0.25, -0.2) is 0 Å². The summed E-state index contributed by atoms with van der Waals surface area (Å²) in [4.78, 5) is 2.08. The zero-order valence-electron chi connectivity index (χ0n) is 13.3. The molecule has 0 spiro atoms. The van der Waals surface area contributed by atoms with Crippen LogP contribution < -0.4 is 0 Å². The molecule has 2 heteroatoms. The van der Waals surface area contributed by atoms with Gasteiger partial charge in [-0.15, -0.1) is 0 Å². The molecule has 0 saturated heterocycles. The summed E-state index contributed by atoms with van der Waals surface area (Å²) in [5, 5.41) is 11.9. The Kier molecular flexibility index (Phi) is 3.00. The van der Waals surface area contributed by atoms with Crippen LogP contribution in [0.25, 0.3) is 0 Å². The average molecular weight is 285 g/mol. The molecule has 0 heterocycles. The van der Waals surface area contributed by atoms with E-state index in [4.69, 9.17) is 0 Å². The van der Waals surface area contributed by atoms with Crippen molar-refractivity contribution in [3.8, 4) is 0 Å². The normalized spacial score (nSPS) is 40.5. The van der Waals surface area contributed by atoms with Crippen LogP contribution >= 0.6 is 0 Å². The van der Waals surface area contributed by atoms with Crippen LogP contribution in [0, 0.1) is 23.2 Å². The summed E-state index contributed by atoms with van der Waals surface area (Å²) in [7, 11) is 4.09. The third kappa shape index (κ3) is 1.85. The van der Waals surface area contributed by atoms with Crippen molar-refractivity contribution in [3.63, 3.8) is 0 Å². The highest BCUT2D eigenvalue weighted by Crippen LogP contribution is 2.66. The minimum Gasteiger partial charge on any atom is -0.371 e. The first-order valence-corrected chi connectivity index (χ1v) is 8.49. The van der Waals surface area contributed by atoms with Crippen LogP contribution in [-0.4, -0.2) is 24.1 Å². The molecule has 0 radical (unpaired) electrons. The van der Waals surface area contributed by atoms with Crippen LogP contribution in [0.5, 0.6) is 0 Å². The van der Waals surface area contributed by atoms with E-state index in [1.807, 2.05) is 20.2 Å². The van der Waals surface area contributed by atoms with Crippen molar-refractivity contribution in [1.29, 1.82) is 0 Å². The van der Waals surface area contributed by atoms with Gasteiger partial charge in [0, 0.05) is 5.41 Å². The van der Waals surface area contributed by atoms with Crippen LogP contribution in [0.3, 0.4) is 0 Å². The molecular formula is C19H27NO. The van der Waals surface area contributed by atoms with Gasteiger partial charge in [0.25, 0.3) is 0 Å². The number of hydrogen-bond acceptors (Lipinski definition) is 2. The number of benzene rings is 1. The quantitative estimate of drug-likeness (QED) is 0.858. The zero-order chi connectivity index (χ0) is 14.7. The lowest BCUT2D eigenvalue weighted by Crippen LogP contribution is -2.62. The fourth-order valence-corrected chi connectivity index (χ4v) is 6.25. The molecule has 114 valence electrons. The maximum atomic E-state index is 11.9. The first kappa shape index (κ1) is 13.8. The van der Waals surface area contributed by atoms with Crippen molar-refractivity contribution in [3.05, 3.63) is 35.9 Å². The fraction of sp³-hybridized carbons (Fsp3) is 0.684. The van der Waals surface area contributed by atoms with Crippen LogP contribution in [-0.2, 0) is 5.72 Å². The number of aliphatic hydroxyl groups is 1. The highest BCUT2D eigenvalue weighted by molar-refractivity contribution is 5.27. The van der Waals surface area contributed by atoms with Gasteiger partial charge in [0.05, 0.1) is 0 Å². The van der Waals surface area contributed by atoms with E-state index in [2.05, 4.69) is 29.2 Å². The lowest BCUT2D eigenvalue weighted by molar-refractivity contribution is -0.245. The van der Waals surface area contributed by atoms with Crippen molar-refractivity contribution >= 4 is 0 Å². The third-order valence-electron chi connectivity index (χ3n) is 6.60. The van der Waals surface area contributed by atoms with E-state index in [1.54, 1.807) is 0 Å². The number of rotatable bonds is 3. The van der Waals surface area contributed by atoms with Crippen LogP contribution in [0.1, 0.15) is 44.1 Å². The van der Waals surface area contributed by atoms with E-state index in [-0.39, 0.29) is 5.41 Å². The minimum absolute atomic E-state index is 0.0621. The Labute approximate surface area is 128 Å². The molecule has 4 aliphatic rings. The number of hydrogen-bond donors (Lipinski definition) is 1. The van der Waals surface area contributed by atoms with Crippen molar-refractivity contribution in [2.75, 3.05) is 14.1 Å². The predicted molar refractivity (Wildman–Crippen MR) is 84.6 cm³/mol. The van der Waals surface area contributed by atoms with Crippen LogP contribution in [0.15, 0.2) is 30.3 Å². The van der Waals surface area contributed by atoms with E-state index in [0.717, 1.165) is 23.3 Å². The Morgan fingerprint density at radius 2 is 1.43 bits per heavy atom. The third-order valence-corrected chi connectivity index (χ3v) is 6.60. The number of nitrogens with zero attached hydrogens (tertiary/aromatic N) is 1. The molecule has 1 N–H and O–H groups in total. The molecule has 1 unspecified atom stereocenters. The lowest BCUT2D eigenvalue weighted by Gasteiger charge is -2.63. The van der Waals surface area contributed by atoms with Gasteiger partial charge >= 0.3 is 0 Å². The smallest absolute Gasteiger partial charge is 0.149 e. The molecule has 4 fully saturated rings. The van der Waals surface area contributed by atoms with Crippen molar-refractivity contribution in [1.82, 2.24) is 4.90 Å². The van der Waals surface area contributed by atoms with Crippen molar-refractivity contribution < 1.29 is 5.11 Å². The van der Waals surface area contributed by atoms with Crippen LogP contribution in [0.4, 0.5) is 0 Å². The summed E-state index contributed by atoms with van der Waals surface area (Å²) in [6, 6.07) is 10.4. The molecule has 5 rings (SSSR count). The van der Waals surface area contributed by atoms with Gasteiger partial charge in [0.15, 0.2) is 0 Å². The standard InChI is InChI=1S/C19H27NO/c1-20(2)19(21,17-6-4-3-5-7-17)18-11-14-8-15(12-18)10-16(9-14)13-18/h3-7,14-16,21H,8-13H2,1-2H3. The maximum absolute atomic E-state index is 11.9. The van der Waals surface area contributed by atoms with E-state index in [9.17, 15) is 5.11 Å². The molecule has 1 aromatic carbocycles. The second kappa shape index (κ2) is 4.57. The average Bonchev–Trinajstić information content (AvgIpc) is 2.45. The lowest BCUT2D eigenvalue weighted by atomic mass is 9.46. The Morgan fingerprint density at radius 1 is 0.952 bits per heavy atom. The second-order valence-corrected chi connectivity index (χ2v) is 8.13. The van der Waals surface area contributed by atoms with E-state index in [1.165, 1.54) is 38.5 Å². The van der Waals surface area contributed by atoms with E-state index in [0.29, 0.717) is 0 Å². The molecule has 4 bridgehead atoms. The summed E-state index contributed by atoms with van der Waals surface area (Å²) in [6.07, 6.45) is 7.88. The van der Waals surface area contributed by atoms with Gasteiger partial charge in [-0.05, 0) is 75.9 Å². The topological polar surface area (TPSA) is 23.5 Å². The summed E-state index contributed by atoms with van der Waals surface area (Å²) in [5.74, 6) is 2.56. The highest BCUT2D eigenvalue weighted by Gasteiger charge is 2.61. The van der Waals surface area contributed by atoms with Gasteiger partial charge < -0.3 is 5.11 Å². The molecule has 0 aliphatic heterocycles. The van der Waals surface area contributed by atoms with E-state index >= 15 is 0 Å². The molecule has 4 saturated carbocycles. The summed E-state index contributed by atoms with van der Waals surface area (Å²) >= 11 is 0. The SMILES string of the molecule is CN(C)C(O)(c1ccccc1)C12CC3CC(CC(C3)C1)C2. The monoisotopic (exact) mass is 285 g/mol. The molecule has 2 nitrogen and oxygen atoms in total. The Morgan fingerprint density at radius 3 is 1.86 bits per heavy atom. The molecule has 21 heavy (non-hydrogen) atoms. The van der Waals surface area contributed by atoms with Crippen LogP contribution in [0.2, 0.25) is 0 Å². The van der Waals surface area contributed by atoms with E-state index < -0.39 is 5.72 Å². The molecule has 4 aliphatic carbocycles. The molecule has 0 amide bonds. The minimum atomic E-state index is -0.815. The first-order chi connectivity index (χ1) is 10.0. The summed E-state index contributed by atoms with van der Waals surface area (Å²) < 4.78 is 0. The molecule has 1 atom stereocenters. The molecular weight excluding hydrogens is 258 g/mol. The zero-order valence-corrected chi connectivity index (χ0v) is 13.3. The highest BCUT2D eigenvalue weighted by atomic mass is 16.3. The van der Waals surface area contributed by atoms with Crippen molar-refractivity contribution in [2.24, 2.45) is 23.2 Å².